The van der Waals surface area contributed by atoms with Crippen molar-refractivity contribution in [3.8, 4) is 11.1 Å². The Morgan fingerprint density at radius 1 is 1.00 bits per heavy atom. The number of carbonyl (C=O) groups excluding carboxylic acids is 1. The molecule has 2 rings (SSSR count). The van der Waals surface area contributed by atoms with Crippen molar-refractivity contribution >= 4 is 5.91 Å². The summed E-state index contributed by atoms with van der Waals surface area (Å²) in [4.78, 5) is 13.8. The molecule has 0 atom stereocenters. The van der Waals surface area contributed by atoms with Gasteiger partial charge in [-0.3, -0.25) is 4.79 Å². The fraction of sp³-hybridized carbons (Fsp3) is 0.150. The third-order valence-corrected chi connectivity index (χ3v) is 3.43. The van der Waals surface area contributed by atoms with Crippen LogP contribution in [0, 0.1) is 0 Å². The van der Waals surface area contributed by atoms with Gasteiger partial charge in [0.2, 0.25) is 5.91 Å². The minimum Gasteiger partial charge on any atom is -0.338 e. The maximum absolute atomic E-state index is 12.1. The molecular weight excluding hydrogens is 270 g/mol. The zero-order valence-electron chi connectivity index (χ0n) is 13.1. The summed E-state index contributed by atoms with van der Waals surface area (Å²) in [6.07, 6.45) is 7.10. The van der Waals surface area contributed by atoms with E-state index in [-0.39, 0.29) is 5.91 Å². The van der Waals surface area contributed by atoms with Crippen LogP contribution >= 0.6 is 0 Å². The average molecular weight is 291 g/mol. The molecule has 0 radical (unpaired) electrons. The minimum atomic E-state index is 0.000893. The maximum Gasteiger partial charge on any atom is 0.246 e. The number of nitrogens with zero attached hydrogens (tertiary/aromatic N) is 1. The molecular formula is C20H21NO. The molecule has 1 amide bonds. The van der Waals surface area contributed by atoms with Gasteiger partial charge in [-0.05, 0) is 23.6 Å². The Bertz CT molecular complexity index is 671. The molecule has 0 fully saturated rings. The molecule has 22 heavy (non-hydrogen) atoms. The van der Waals surface area contributed by atoms with E-state index in [0.29, 0.717) is 6.54 Å². The highest BCUT2D eigenvalue weighted by molar-refractivity contribution is 5.87. The van der Waals surface area contributed by atoms with Crippen LogP contribution < -0.4 is 0 Å². The second kappa shape index (κ2) is 7.99. The Balaban J connectivity index is 2.18. The molecule has 0 aliphatic heterocycles. The normalized spacial score (nSPS) is 11.2. The van der Waals surface area contributed by atoms with Gasteiger partial charge in [0.1, 0.15) is 0 Å². The highest BCUT2D eigenvalue weighted by Gasteiger charge is 2.09. The van der Waals surface area contributed by atoms with Gasteiger partial charge in [0.25, 0.3) is 0 Å². The van der Waals surface area contributed by atoms with Gasteiger partial charge in [-0.15, -0.1) is 0 Å². The van der Waals surface area contributed by atoms with Crippen molar-refractivity contribution in [3.63, 3.8) is 0 Å². The van der Waals surface area contributed by atoms with E-state index in [1.165, 1.54) is 11.1 Å². The summed E-state index contributed by atoms with van der Waals surface area (Å²) in [5.41, 5.74) is 3.48. The van der Waals surface area contributed by atoms with Crippen molar-refractivity contribution in [1.29, 1.82) is 0 Å². The first-order chi connectivity index (χ1) is 10.7. The fourth-order valence-electron chi connectivity index (χ4n) is 2.27. The Kier molecular flexibility index (Phi) is 5.73. The molecule has 2 aromatic carbocycles. The molecule has 0 bridgehead atoms. The average Bonchev–Trinajstić information content (AvgIpc) is 2.56. The number of carbonyl (C=O) groups is 1. The smallest absolute Gasteiger partial charge is 0.246 e. The van der Waals surface area contributed by atoms with Crippen molar-refractivity contribution in [3.05, 3.63) is 84.5 Å². The number of amides is 1. The molecule has 0 spiro atoms. The number of allylic oxidation sites excluding steroid dienone is 3. The minimum absolute atomic E-state index is 0.000893. The largest absolute Gasteiger partial charge is 0.338 e. The molecule has 112 valence electrons. The molecule has 2 nitrogen and oxygen atoms in total. The van der Waals surface area contributed by atoms with Crippen LogP contribution in [0.15, 0.2) is 78.9 Å². The van der Waals surface area contributed by atoms with E-state index in [4.69, 9.17) is 0 Å². The number of hydrogen-bond acceptors (Lipinski definition) is 1. The van der Waals surface area contributed by atoms with Gasteiger partial charge in [0.15, 0.2) is 0 Å². The summed E-state index contributed by atoms with van der Waals surface area (Å²) in [6, 6.07) is 18.4. The summed E-state index contributed by atoms with van der Waals surface area (Å²) in [6.45, 7) is 2.51. The van der Waals surface area contributed by atoms with Gasteiger partial charge in [0.05, 0.1) is 0 Å². The Morgan fingerprint density at radius 3 is 2.41 bits per heavy atom. The first-order valence-corrected chi connectivity index (χ1v) is 7.40. The molecule has 0 aliphatic rings. The van der Waals surface area contributed by atoms with E-state index < -0.39 is 0 Å². The number of hydrogen-bond donors (Lipinski definition) is 0. The predicted molar refractivity (Wildman–Crippen MR) is 92.3 cm³/mol. The Morgan fingerprint density at radius 2 is 1.68 bits per heavy atom. The first-order valence-electron chi connectivity index (χ1n) is 7.40. The lowest BCUT2D eigenvalue weighted by atomic mass is 9.99. The van der Waals surface area contributed by atoms with Crippen LogP contribution in [-0.2, 0) is 11.3 Å². The van der Waals surface area contributed by atoms with E-state index in [1.807, 2.05) is 56.5 Å². The monoisotopic (exact) mass is 291 g/mol. The molecule has 2 heteroatoms. The van der Waals surface area contributed by atoms with Crippen LogP contribution in [0.2, 0.25) is 0 Å². The molecule has 0 unspecified atom stereocenters. The highest BCUT2D eigenvalue weighted by Crippen LogP contribution is 2.24. The van der Waals surface area contributed by atoms with Crippen LogP contribution in [0.1, 0.15) is 12.5 Å². The zero-order valence-corrected chi connectivity index (χ0v) is 13.1. The van der Waals surface area contributed by atoms with Crippen molar-refractivity contribution in [2.45, 2.75) is 13.5 Å². The second-order valence-corrected chi connectivity index (χ2v) is 5.10. The van der Waals surface area contributed by atoms with Crippen LogP contribution in [-0.4, -0.2) is 17.9 Å². The summed E-state index contributed by atoms with van der Waals surface area (Å²) in [7, 11) is 1.82. The van der Waals surface area contributed by atoms with Gasteiger partial charge in [-0.1, -0.05) is 72.8 Å². The van der Waals surface area contributed by atoms with E-state index in [0.717, 1.165) is 5.56 Å². The van der Waals surface area contributed by atoms with E-state index in [9.17, 15) is 4.79 Å². The van der Waals surface area contributed by atoms with Crippen LogP contribution in [0.3, 0.4) is 0 Å². The molecule has 0 heterocycles. The number of benzene rings is 2. The SMILES string of the molecule is C/C=C/C=C/C(=O)N(C)Cc1ccccc1-c1ccccc1. The van der Waals surface area contributed by atoms with Crippen molar-refractivity contribution in [2.75, 3.05) is 7.05 Å². The zero-order chi connectivity index (χ0) is 15.8. The van der Waals surface area contributed by atoms with Gasteiger partial charge in [-0.25, -0.2) is 0 Å². The lowest BCUT2D eigenvalue weighted by molar-refractivity contribution is -0.125. The van der Waals surface area contributed by atoms with Gasteiger partial charge in [0, 0.05) is 19.7 Å². The Hall–Kier alpha value is -2.61. The third kappa shape index (κ3) is 4.19. The third-order valence-electron chi connectivity index (χ3n) is 3.43. The summed E-state index contributed by atoms with van der Waals surface area (Å²) >= 11 is 0. The molecule has 0 saturated heterocycles. The summed E-state index contributed by atoms with van der Waals surface area (Å²) in [5, 5.41) is 0. The van der Waals surface area contributed by atoms with Crippen LogP contribution in [0.25, 0.3) is 11.1 Å². The van der Waals surface area contributed by atoms with Crippen LogP contribution in [0.4, 0.5) is 0 Å². The molecule has 2 aromatic rings. The van der Waals surface area contributed by atoms with E-state index >= 15 is 0 Å². The van der Waals surface area contributed by atoms with Crippen LogP contribution in [0.5, 0.6) is 0 Å². The van der Waals surface area contributed by atoms with Crippen molar-refractivity contribution in [2.24, 2.45) is 0 Å². The standard InChI is InChI=1S/C20H21NO/c1-3-4-6-15-20(22)21(2)16-18-13-9-10-14-19(18)17-11-7-5-8-12-17/h3-15H,16H2,1-2H3/b4-3+,15-6+. The van der Waals surface area contributed by atoms with Gasteiger partial charge < -0.3 is 4.90 Å². The second-order valence-electron chi connectivity index (χ2n) is 5.10. The fourth-order valence-corrected chi connectivity index (χ4v) is 2.27. The van der Waals surface area contributed by atoms with Gasteiger partial charge >= 0.3 is 0 Å². The first kappa shape index (κ1) is 15.8. The summed E-state index contributed by atoms with van der Waals surface area (Å²) < 4.78 is 0. The van der Waals surface area contributed by atoms with Crippen molar-refractivity contribution in [1.82, 2.24) is 4.90 Å². The summed E-state index contributed by atoms with van der Waals surface area (Å²) in [5.74, 6) is 0.000893. The topological polar surface area (TPSA) is 20.3 Å². The predicted octanol–water partition coefficient (Wildman–Crippen LogP) is 4.44. The Labute approximate surface area is 132 Å². The van der Waals surface area contributed by atoms with E-state index in [1.54, 1.807) is 17.1 Å². The lowest BCUT2D eigenvalue weighted by Crippen LogP contribution is -2.24. The highest BCUT2D eigenvalue weighted by atomic mass is 16.2. The molecule has 0 aromatic heterocycles. The van der Waals surface area contributed by atoms with Gasteiger partial charge in [-0.2, -0.15) is 0 Å². The quantitative estimate of drug-likeness (QED) is 0.589. The van der Waals surface area contributed by atoms with Crippen molar-refractivity contribution < 1.29 is 4.79 Å². The number of rotatable bonds is 5. The lowest BCUT2D eigenvalue weighted by Gasteiger charge is -2.18. The molecule has 0 N–H and O–H groups in total. The van der Waals surface area contributed by atoms with E-state index in [2.05, 4.69) is 24.3 Å². The number of likely N-dealkylation sites (N-methyl/N-ethyl adjacent to an activating group) is 1. The maximum atomic E-state index is 12.1. The molecule has 0 saturated carbocycles. The molecule has 0 aliphatic carbocycles.